The number of rotatable bonds is 6. The second-order valence-electron chi connectivity index (χ2n) is 12.3. The highest BCUT2D eigenvalue weighted by Crippen LogP contribution is 2.38. The lowest BCUT2D eigenvalue weighted by atomic mass is 9.79. The summed E-state index contributed by atoms with van der Waals surface area (Å²) in [6, 6.07) is 2.33. The Morgan fingerprint density at radius 3 is 2.71 bits per heavy atom. The minimum atomic E-state index is -0.680. The minimum absolute atomic E-state index is 0.137. The van der Waals surface area contributed by atoms with E-state index in [0.29, 0.717) is 53.7 Å². The van der Waals surface area contributed by atoms with Crippen LogP contribution < -0.4 is 5.32 Å². The van der Waals surface area contributed by atoms with Gasteiger partial charge in [-0.2, -0.15) is 0 Å². The Balaban J connectivity index is 1.47. The number of amides is 2. The van der Waals surface area contributed by atoms with Gasteiger partial charge in [-0.1, -0.05) is 37.9 Å². The van der Waals surface area contributed by atoms with E-state index in [9.17, 15) is 9.59 Å². The lowest BCUT2D eigenvalue weighted by Gasteiger charge is -2.36. The molecule has 1 aliphatic heterocycles. The lowest BCUT2D eigenvalue weighted by molar-refractivity contribution is -0.0337. The van der Waals surface area contributed by atoms with Gasteiger partial charge in [0.1, 0.15) is 28.8 Å². The van der Waals surface area contributed by atoms with Crippen molar-refractivity contribution in [1.82, 2.24) is 25.3 Å². The molecule has 11 heteroatoms. The van der Waals surface area contributed by atoms with Gasteiger partial charge >= 0.3 is 6.09 Å². The Kier molecular flexibility index (Phi) is 8.35. The summed E-state index contributed by atoms with van der Waals surface area (Å²) >= 11 is 0. The first-order valence-corrected chi connectivity index (χ1v) is 14.5. The van der Waals surface area contributed by atoms with Crippen molar-refractivity contribution in [1.29, 1.82) is 0 Å². The van der Waals surface area contributed by atoms with Crippen LogP contribution in [0.15, 0.2) is 22.9 Å². The summed E-state index contributed by atoms with van der Waals surface area (Å²) in [6.45, 7) is 10.3. The molecule has 1 saturated carbocycles. The zero-order valence-electron chi connectivity index (χ0n) is 24.5. The predicted molar refractivity (Wildman–Crippen MR) is 150 cm³/mol. The molecule has 1 aromatic carbocycles. The van der Waals surface area contributed by atoms with Crippen LogP contribution in [0.3, 0.4) is 0 Å². The zero-order chi connectivity index (χ0) is 29.3. The smallest absolute Gasteiger partial charge is 0.410 e. The molecule has 2 fully saturated rings. The first-order chi connectivity index (χ1) is 19.6. The maximum absolute atomic E-state index is 16.2. The van der Waals surface area contributed by atoms with Gasteiger partial charge in [0.2, 0.25) is 0 Å². The van der Waals surface area contributed by atoms with Crippen molar-refractivity contribution in [3.05, 3.63) is 46.9 Å². The van der Waals surface area contributed by atoms with Crippen LogP contribution in [0.2, 0.25) is 0 Å². The molecule has 5 rings (SSSR count). The fourth-order valence-electron chi connectivity index (χ4n) is 5.83. The van der Waals surface area contributed by atoms with Gasteiger partial charge in [-0.25, -0.2) is 14.2 Å². The van der Waals surface area contributed by atoms with E-state index in [1.807, 2.05) is 6.92 Å². The van der Waals surface area contributed by atoms with Gasteiger partial charge in [-0.15, -0.1) is 0 Å². The normalized spacial score (nSPS) is 22.5. The van der Waals surface area contributed by atoms with Gasteiger partial charge < -0.3 is 24.3 Å². The standard InChI is InChI=1S/C30H40FN5O5/c1-6-21-20(15-40-35-21)28(37)34-25(18-9-7-17(2)8-10-18)27-32-22-12-11-19(24(31)26(22)33-27)23-16-39-14-13-36(23)29(38)41-30(3,4)5/h11-12,15,17-18,23,25H,6-10,13-14,16H2,1-5H3,(H,32,33)(H,34,37)/t17-,18-,23?,25-/m0/s1. The third-order valence-electron chi connectivity index (χ3n) is 8.09. The van der Waals surface area contributed by atoms with Crippen molar-refractivity contribution in [2.24, 2.45) is 11.8 Å². The van der Waals surface area contributed by atoms with E-state index in [2.05, 4.69) is 22.4 Å². The van der Waals surface area contributed by atoms with E-state index in [-0.39, 0.29) is 23.9 Å². The molecule has 2 aliphatic rings. The molecule has 2 atom stereocenters. The Morgan fingerprint density at radius 1 is 1.24 bits per heavy atom. The summed E-state index contributed by atoms with van der Waals surface area (Å²) in [6.07, 6.45) is 5.35. The van der Waals surface area contributed by atoms with Crippen LogP contribution in [0.5, 0.6) is 0 Å². The second kappa shape index (κ2) is 11.8. The molecule has 0 spiro atoms. The van der Waals surface area contributed by atoms with Gasteiger partial charge in [0.25, 0.3) is 5.91 Å². The molecule has 0 radical (unpaired) electrons. The van der Waals surface area contributed by atoms with Crippen LogP contribution in [0.25, 0.3) is 11.0 Å². The molecule has 1 saturated heterocycles. The van der Waals surface area contributed by atoms with E-state index in [4.69, 9.17) is 19.0 Å². The number of aromatic amines is 1. The number of ether oxygens (including phenoxy) is 2. The minimum Gasteiger partial charge on any atom is -0.444 e. The molecule has 1 unspecified atom stereocenters. The summed E-state index contributed by atoms with van der Waals surface area (Å²) in [7, 11) is 0. The third kappa shape index (κ3) is 6.24. The predicted octanol–water partition coefficient (Wildman–Crippen LogP) is 5.86. The molecule has 0 bridgehead atoms. The van der Waals surface area contributed by atoms with Crippen molar-refractivity contribution >= 4 is 23.0 Å². The fourth-order valence-corrected chi connectivity index (χ4v) is 5.83. The van der Waals surface area contributed by atoms with E-state index in [0.717, 1.165) is 25.7 Å². The summed E-state index contributed by atoms with van der Waals surface area (Å²) in [5.41, 5.74) is 1.29. The molecular formula is C30H40FN5O5. The Bertz CT molecular complexity index is 1390. The molecule has 1 aliphatic carbocycles. The molecule has 3 aromatic rings. The number of halogens is 1. The molecule has 2 N–H and O–H groups in total. The molecular weight excluding hydrogens is 529 g/mol. The first kappa shape index (κ1) is 29.0. The van der Waals surface area contributed by atoms with E-state index in [1.54, 1.807) is 32.9 Å². The molecule has 3 heterocycles. The van der Waals surface area contributed by atoms with Crippen molar-refractivity contribution < 1.29 is 28.0 Å². The molecule has 10 nitrogen and oxygen atoms in total. The summed E-state index contributed by atoms with van der Waals surface area (Å²) < 4.78 is 32.4. The van der Waals surface area contributed by atoms with E-state index >= 15 is 4.39 Å². The number of aryl methyl sites for hydroxylation is 1. The number of hydrogen-bond acceptors (Lipinski definition) is 7. The number of imidazole rings is 1. The van der Waals surface area contributed by atoms with Crippen molar-refractivity contribution in [2.75, 3.05) is 19.8 Å². The number of carbonyl (C=O) groups excluding carboxylic acids is 2. The quantitative estimate of drug-likeness (QED) is 0.381. The van der Waals surface area contributed by atoms with E-state index in [1.165, 1.54) is 11.2 Å². The number of nitrogens with one attached hydrogen (secondary N) is 2. The maximum atomic E-state index is 16.2. The van der Waals surface area contributed by atoms with Crippen molar-refractivity contribution in [3.8, 4) is 0 Å². The van der Waals surface area contributed by atoms with Gasteiger partial charge in [-0.3, -0.25) is 9.69 Å². The number of morpholine rings is 1. The van der Waals surface area contributed by atoms with Crippen LogP contribution in [0, 0.1) is 17.7 Å². The van der Waals surface area contributed by atoms with Crippen molar-refractivity contribution in [3.63, 3.8) is 0 Å². The zero-order valence-corrected chi connectivity index (χ0v) is 24.5. The largest absolute Gasteiger partial charge is 0.444 e. The Hall–Kier alpha value is -3.47. The topological polar surface area (TPSA) is 123 Å². The lowest BCUT2D eigenvalue weighted by Crippen LogP contribution is -2.46. The number of nitrogens with zero attached hydrogens (tertiary/aromatic N) is 3. The highest BCUT2D eigenvalue weighted by atomic mass is 19.1. The number of H-pyrrole nitrogens is 1. The van der Waals surface area contributed by atoms with Crippen LogP contribution in [-0.4, -0.2) is 57.4 Å². The number of fused-ring (bicyclic) bond motifs is 1. The van der Waals surface area contributed by atoms with Gasteiger partial charge in [0.05, 0.1) is 36.5 Å². The molecule has 2 amide bonds. The number of aromatic nitrogens is 3. The first-order valence-electron chi connectivity index (χ1n) is 14.5. The monoisotopic (exact) mass is 569 g/mol. The SMILES string of the molecule is CCc1nocc1C(=O)N[C@H](c1nc2c(F)c(C3COCCN3C(=O)OC(C)(C)C)ccc2[nH]1)[C@H]1CC[C@H](C)CC1. The van der Waals surface area contributed by atoms with Gasteiger partial charge in [0.15, 0.2) is 5.82 Å². The average Bonchev–Trinajstić information content (AvgIpc) is 3.59. The highest BCUT2D eigenvalue weighted by Gasteiger charge is 2.36. The fraction of sp³-hybridized carbons (Fsp3) is 0.600. The summed E-state index contributed by atoms with van der Waals surface area (Å²) in [4.78, 5) is 35.8. The highest BCUT2D eigenvalue weighted by molar-refractivity contribution is 5.95. The molecule has 222 valence electrons. The molecule has 2 aromatic heterocycles. The number of benzene rings is 1. The Morgan fingerprint density at radius 2 is 2.00 bits per heavy atom. The molecule has 41 heavy (non-hydrogen) atoms. The van der Waals surface area contributed by atoms with Crippen molar-refractivity contribution in [2.45, 2.75) is 84.4 Å². The van der Waals surface area contributed by atoms with Crippen LogP contribution >= 0.6 is 0 Å². The Labute approximate surface area is 239 Å². The van der Waals surface area contributed by atoms with Gasteiger partial charge in [-0.05, 0) is 57.9 Å². The summed E-state index contributed by atoms with van der Waals surface area (Å²) in [5.74, 6) is 0.443. The summed E-state index contributed by atoms with van der Waals surface area (Å²) in [5, 5.41) is 7.09. The number of carbonyl (C=O) groups is 2. The number of hydrogen-bond donors (Lipinski definition) is 2. The third-order valence-corrected chi connectivity index (χ3v) is 8.09. The van der Waals surface area contributed by atoms with Crippen LogP contribution in [-0.2, 0) is 15.9 Å². The van der Waals surface area contributed by atoms with Gasteiger partial charge in [0, 0.05) is 12.1 Å². The average molecular weight is 570 g/mol. The van der Waals surface area contributed by atoms with Crippen LogP contribution in [0.4, 0.5) is 9.18 Å². The van der Waals surface area contributed by atoms with Crippen LogP contribution in [0.1, 0.15) is 99.8 Å². The van der Waals surface area contributed by atoms with E-state index < -0.39 is 29.6 Å². The maximum Gasteiger partial charge on any atom is 0.410 e. The second-order valence-corrected chi connectivity index (χ2v) is 12.3.